The van der Waals surface area contributed by atoms with Gasteiger partial charge in [0.15, 0.2) is 6.61 Å². The van der Waals surface area contributed by atoms with Gasteiger partial charge in [-0.15, -0.1) is 0 Å². The summed E-state index contributed by atoms with van der Waals surface area (Å²) in [5.74, 6) is -2.03. The SMILES string of the molecule is N#Cc1ccc(C(F)(F)F)nc1OCC(=O)O. The fourth-order valence-electron chi connectivity index (χ4n) is 0.924. The standard InChI is InChI=1S/C9H5F3N2O3/c10-9(11,12)6-2-1-5(3-13)8(14-6)17-4-7(15)16/h1-2H,4H2,(H,15,16). The van der Waals surface area contributed by atoms with Crippen LogP contribution in [-0.4, -0.2) is 22.7 Å². The molecular weight excluding hydrogens is 241 g/mol. The number of nitrogens with zero attached hydrogens (tertiary/aromatic N) is 2. The van der Waals surface area contributed by atoms with E-state index in [9.17, 15) is 18.0 Å². The zero-order valence-electron chi connectivity index (χ0n) is 8.15. The van der Waals surface area contributed by atoms with Gasteiger partial charge in [0, 0.05) is 0 Å². The second-order valence-corrected chi connectivity index (χ2v) is 2.84. The summed E-state index contributed by atoms with van der Waals surface area (Å²) in [6.45, 7) is -0.872. The molecule has 1 rings (SSSR count). The summed E-state index contributed by atoms with van der Waals surface area (Å²) in [6, 6.07) is 3.04. The number of aromatic nitrogens is 1. The van der Waals surface area contributed by atoms with Gasteiger partial charge < -0.3 is 9.84 Å². The molecule has 0 saturated heterocycles. The average Bonchev–Trinajstić information content (AvgIpc) is 2.24. The molecule has 0 atom stereocenters. The number of rotatable bonds is 3. The Morgan fingerprint density at radius 2 is 2.18 bits per heavy atom. The lowest BCUT2D eigenvalue weighted by atomic mass is 10.2. The molecule has 0 aliphatic rings. The Kier molecular flexibility index (Phi) is 3.52. The van der Waals surface area contributed by atoms with E-state index in [0.717, 1.165) is 6.07 Å². The molecular formula is C9H5F3N2O3. The number of hydrogen-bond acceptors (Lipinski definition) is 4. The number of carboxylic acids is 1. The molecule has 1 heterocycles. The predicted molar refractivity (Wildman–Crippen MR) is 47.1 cm³/mol. The molecule has 0 aromatic carbocycles. The highest BCUT2D eigenvalue weighted by molar-refractivity contribution is 5.68. The summed E-state index contributed by atoms with van der Waals surface area (Å²) in [4.78, 5) is 13.2. The fraction of sp³-hybridized carbons (Fsp3) is 0.222. The van der Waals surface area contributed by atoms with Gasteiger partial charge in [-0.1, -0.05) is 0 Å². The van der Waals surface area contributed by atoms with E-state index in [2.05, 4.69) is 9.72 Å². The molecule has 1 N–H and O–H groups in total. The number of carboxylic acid groups (broad SMARTS) is 1. The highest BCUT2D eigenvalue weighted by atomic mass is 19.4. The summed E-state index contributed by atoms with van der Waals surface area (Å²) >= 11 is 0. The molecule has 0 aliphatic heterocycles. The first-order chi connectivity index (χ1) is 7.84. The number of alkyl halides is 3. The van der Waals surface area contributed by atoms with E-state index in [1.165, 1.54) is 0 Å². The van der Waals surface area contributed by atoms with Crippen molar-refractivity contribution in [3.05, 3.63) is 23.4 Å². The highest BCUT2D eigenvalue weighted by Gasteiger charge is 2.33. The molecule has 0 fully saturated rings. The minimum absolute atomic E-state index is 0.265. The van der Waals surface area contributed by atoms with E-state index in [4.69, 9.17) is 10.4 Å². The largest absolute Gasteiger partial charge is 0.479 e. The molecule has 0 aliphatic carbocycles. The predicted octanol–water partition coefficient (Wildman–Crippen LogP) is 1.44. The Morgan fingerprint density at radius 1 is 1.53 bits per heavy atom. The lowest BCUT2D eigenvalue weighted by Gasteiger charge is -2.09. The summed E-state index contributed by atoms with van der Waals surface area (Å²) in [7, 11) is 0. The third kappa shape index (κ3) is 3.34. The van der Waals surface area contributed by atoms with Crippen molar-refractivity contribution >= 4 is 5.97 Å². The van der Waals surface area contributed by atoms with Crippen LogP contribution in [0.3, 0.4) is 0 Å². The van der Waals surface area contributed by atoms with Crippen LogP contribution in [0.2, 0.25) is 0 Å². The number of halogens is 3. The molecule has 1 aromatic rings. The van der Waals surface area contributed by atoms with Crippen molar-refractivity contribution in [3.8, 4) is 11.9 Å². The zero-order chi connectivity index (χ0) is 13.1. The molecule has 17 heavy (non-hydrogen) atoms. The summed E-state index contributed by atoms with van der Waals surface area (Å²) in [5, 5.41) is 16.9. The van der Waals surface area contributed by atoms with E-state index < -0.39 is 30.3 Å². The van der Waals surface area contributed by atoms with Gasteiger partial charge in [-0.25, -0.2) is 9.78 Å². The molecule has 8 heteroatoms. The number of hydrogen-bond donors (Lipinski definition) is 1. The number of carbonyl (C=O) groups is 1. The molecule has 0 spiro atoms. The summed E-state index contributed by atoms with van der Waals surface area (Å²) < 4.78 is 41.3. The number of ether oxygens (including phenoxy) is 1. The van der Waals surface area contributed by atoms with Gasteiger partial charge in [0.2, 0.25) is 5.88 Å². The summed E-state index contributed by atoms with van der Waals surface area (Å²) in [6.07, 6.45) is -4.69. The van der Waals surface area contributed by atoms with Gasteiger partial charge in [-0.2, -0.15) is 18.4 Å². The quantitative estimate of drug-likeness (QED) is 0.872. The Bertz CT molecular complexity index is 479. The number of aliphatic carboxylic acids is 1. The van der Waals surface area contributed by atoms with Crippen molar-refractivity contribution in [2.45, 2.75) is 6.18 Å². The molecule has 0 saturated carbocycles. The second-order valence-electron chi connectivity index (χ2n) is 2.84. The van der Waals surface area contributed by atoms with Crippen molar-refractivity contribution in [3.63, 3.8) is 0 Å². The number of nitriles is 1. The van der Waals surface area contributed by atoms with Crippen LogP contribution >= 0.6 is 0 Å². The first-order valence-electron chi connectivity index (χ1n) is 4.17. The first kappa shape index (κ1) is 12.8. The molecule has 1 aromatic heterocycles. The molecule has 0 unspecified atom stereocenters. The maximum atomic E-state index is 12.3. The van der Waals surface area contributed by atoms with Gasteiger partial charge in [-0.05, 0) is 12.1 Å². The van der Waals surface area contributed by atoms with E-state index in [0.29, 0.717) is 6.07 Å². The third-order valence-corrected chi connectivity index (χ3v) is 1.60. The van der Waals surface area contributed by atoms with Crippen LogP contribution in [0.5, 0.6) is 5.88 Å². The average molecular weight is 246 g/mol. The van der Waals surface area contributed by atoms with Gasteiger partial charge in [-0.3, -0.25) is 0 Å². The Balaban J connectivity index is 3.08. The Labute approximate surface area is 93.1 Å². The minimum atomic E-state index is -4.69. The van der Waals surface area contributed by atoms with Crippen LogP contribution in [0, 0.1) is 11.3 Å². The van der Waals surface area contributed by atoms with Crippen LogP contribution in [0.1, 0.15) is 11.3 Å². The molecule has 90 valence electrons. The monoisotopic (exact) mass is 246 g/mol. The summed E-state index contributed by atoms with van der Waals surface area (Å²) in [5.41, 5.74) is -1.52. The fourth-order valence-corrected chi connectivity index (χ4v) is 0.924. The van der Waals surface area contributed by atoms with Crippen molar-refractivity contribution in [1.29, 1.82) is 5.26 Å². The third-order valence-electron chi connectivity index (χ3n) is 1.60. The van der Waals surface area contributed by atoms with Gasteiger partial charge in [0.25, 0.3) is 0 Å². The van der Waals surface area contributed by atoms with Crippen LogP contribution in [-0.2, 0) is 11.0 Å². The normalized spacial score (nSPS) is 10.7. The highest BCUT2D eigenvalue weighted by Crippen LogP contribution is 2.29. The van der Waals surface area contributed by atoms with Crippen LogP contribution < -0.4 is 4.74 Å². The molecule has 5 nitrogen and oxygen atoms in total. The maximum absolute atomic E-state index is 12.3. The molecule has 0 radical (unpaired) electrons. The molecule has 0 bridgehead atoms. The van der Waals surface area contributed by atoms with E-state index >= 15 is 0 Å². The van der Waals surface area contributed by atoms with Crippen molar-refractivity contribution in [2.75, 3.05) is 6.61 Å². The zero-order valence-corrected chi connectivity index (χ0v) is 8.15. The maximum Gasteiger partial charge on any atom is 0.433 e. The van der Waals surface area contributed by atoms with Crippen LogP contribution in [0.25, 0.3) is 0 Å². The van der Waals surface area contributed by atoms with Crippen molar-refractivity contribution < 1.29 is 27.8 Å². The Morgan fingerprint density at radius 3 is 2.65 bits per heavy atom. The smallest absolute Gasteiger partial charge is 0.433 e. The lowest BCUT2D eigenvalue weighted by molar-refractivity contribution is -0.141. The first-order valence-corrected chi connectivity index (χ1v) is 4.17. The van der Waals surface area contributed by atoms with Gasteiger partial charge in [0.05, 0.1) is 0 Å². The van der Waals surface area contributed by atoms with Crippen molar-refractivity contribution in [2.24, 2.45) is 0 Å². The van der Waals surface area contributed by atoms with Crippen LogP contribution in [0.4, 0.5) is 13.2 Å². The van der Waals surface area contributed by atoms with Crippen molar-refractivity contribution in [1.82, 2.24) is 4.98 Å². The second kappa shape index (κ2) is 4.69. The topological polar surface area (TPSA) is 83.2 Å². The number of pyridine rings is 1. The van der Waals surface area contributed by atoms with Gasteiger partial charge in [0.1, 0.15) is 17.3 Å². The van der Waals surface area contributed by atoms with E-state index in [1.54, 1.807) is 6.07 Å². The lowest BCUT2D eigenvalue weighted by Crippen LogP contribution is -2.14. The minimum Gasteiger partial charge on any atom is -0.479 e. The van der Waals surface area contributed by atoms with E-state index in [1.807, 2.05) is 0 Å². The van der Waals surface area contributed by atoms with Crippen LogP contribution in [0.15, 0.2) is 12.1 Å². The van der Waals surface area contributed by atoms with E-state index in [-0.39, 0.29) is 5.56 Å². The Hall–Kier alpha value is -2.30. The van der Waals surface area contributed by atoms with Gasteiger partial charge >= 0.3 is 12.1 Å². The molecule has 0 amide bonds.